The first kappa shape index (κ1) is 22.3. The fourth-order valence-corrected chi connectivity index (χ4v) is 4.05. The van der Waals surface area contributed by atoms with Crippen LogP contribution in [0.5, 0.6) is 0 Å². The van der Waals surface area contributed by atoms with Gasteiger partial charge in [-0.1, -0.05) is 17.8 Å². The molecule has 0 aliphatic heterocycles. The van der Waals surface area contributed by atoms with Gasteiger partial charge in [0.15, 0.2) is 5.78 Å². The minimum Gasteiger partial charge on any atom is -0.465 e. The Morgan fingerprint density at radius 3 is 2.16 bits per heavy atom. The van der Waals surface area contributed by atoms with Crippen LogP contribution < -0.4 is 0 Å². The van der Waals surface area contributed by atoms with Crippen LogP contribution >= 0.6 is 11.8 Å². The molecule has 3 aromatic rings. The molecule has 2 heterocycles. The van der Waals surface area contributed by atoms with Crippen molar-refractivity contribution in [3.63, 3.8) is 0 Å². The molecule has 0 radical (unpaired) electrons. The number of ether oxygens (including phenoxy) is 2. The second kappa shape index (κ2) is 9.61. The third-order valence-electron chi connectivity index (χ3n) is 4.74. The maximum atomic E-state index is 12.9. The Kier molecular flexibility index (Phi) is 6.91. The zero-order valence-electron chi connectivity index (χ0n) is 17.7. The number of esters is 2. The van der Waals surface area contributed by atoms with Gasteiger partial charge in [0, 0.05) is 28.8 Å². The molecule has 1 aromatic carbocycles. The molecule has 0 aliphatic carbocycles. The Bertz CT molecular complexity index is 1100. The number of benzene rings is 1. The monoisotopic (exact) mass is 438 g/mol. The number of Topliss-reactive ketones (excluding diaryl/α,β-unsaturated/α-hetero) is 1. The average molecular weight is 439 g/mol. The Morgan fingerprint density at radius 1 is 0.968 bits per heavy atom. The second-order valence-electron chi connectivity index (χ2n) is 6.75. The lowest BCUT2D eigenvalue weighted by Crippen LogP contribution is -2.10. The summed E-state index contributed by atoms with van der Waals surface area (Å²) in [5.41, 5.74) is 3.07. The molecule has 0 fully saturated rings. The van der Waals surface area contributed by atoms with E-state index in [2.05, 4.69) is 4.98 Å². The van der Waals surface area contributed by atoms with Crippen LogP contribution in [-0.2, 0) is 9.47 Å². The van der Waals surface area contributed by atoms with E-state index in [4.69, 9.17) is 9.47 Å². The van der Waals surface area contributed by atoms with Crippen molar-refractivity contribution in [1.82, 2.24) is 9.55 Å². The summed E-state index contributed by atoms with van der Waals surface area (Å²) in [5.74, 6) is -0.931. The van der Waals surface area contributed by atoms with Crippen molar-refractivity contribution in [3.8, 4) is 5.69 Å². The number of methoxy groups -OCH3 is 2. The predicted octanol–water partition coefficient (Wildman–Crippen LogP) is 4.04. The van der Waals surface area contributed by atoms with E-state index < -0.39 is 11.9 Å². The van der Waals surface area contributed by atoms with Gasteiger partial charge in [-0.3, -0.25) is 4.79 Å². The molecule has 0 spiro atoms. The van der Waals surface area contributed by atoms with Crippen LogP contribution in [0.15, 0.2) is 53.7 Å². The van der Waals surface area contributed by atoms with E-state index in [1.807, 2.05) is 36.6 Å². The van der Waals surface area contributed by atoms with Gasteiger partial charge in [-0.05, 0) is 50.2 Å². The summed E-state index contributed by atoms with van der Waals surface area (Å²) in [6, 6.07) is 12.0. The first-order chi connectivity index (χ1) is 14.8. The maximum Gasteiger partial charge on any atom is 0.337 e. The summed E-state index contributed by atoms with van der Waals surface area (Å²) in [4.78, 5) is 41.3. The van der Waals surface area contributed by atoms with Gasteiger partial charge >= 0.3 is 11.9 Å². The Labute approximate surface area is 184 Å². The molecule has 0 atom stereocenters. The number of hydrogen-bond acceptors (Lipinski definition) is 7. The van der Waals surface area contributed by atoms with Gasteiger partial charge in [0.05, 0.1) is 36.1 Å². The number of aromatic nitrogens is 2. The normalized spacial score (nSPS) is 10.6. The molecule has 2 aromatic heterocycles. The third kappa shape index (κ3) is 4.86. The highest BCUT2D eigenvalue weighted by Gasteiger charge is 2.20. The predicted molar refractivity (Wildman–Crippen MR) is 117 cm³/mol. The molecule has 0 saturated heterocycles. The molecule has 0 unspecified atom stereocenters. The zero-order valence-corrected chi connectivity index (χ0v) is 18.5. The molecular weight excluding hydrogens is 416 g/mol. The molecule has 7 nitrogen and oxygen atoms in total. The molecule has 160 valence electrons. The van der Waals surface area contributed by atoms with Crippen LogP contribution in [0, 0.1) is 13.8 Å². The summed E-state index contributed by atoms with van der Waals surface area (Å²) < 4.78 is 11.5. The Morgan fingerprint density at radius 2 is 1.61 bits per heavy atom. The number of carbonyl (C=O) groups excluding carboxylic acids is 3. The summed E-state index contributed by atoms with van der Waals surface area (Å²) >= 11 is 1.37. The summed E-state index contributed by atoms with van der Waals surface area (Å²) in [7, 11) is 2.55. The fraction of sp³-hybridized carbons (Fsp3) is 0.217. The zero-order chi connectivity index (χ0) is 22.5. The largest absolute Gasteiger partial charge is 0.465 e. The van der Waals surface area contributed by atoms with Crippen molar-refractivity contribution < 1.29 is 23.9 Å². The van der Waals surface area contributed by atoms with Crippen LogP contribution in [0.3, 0.4) is 0 Å². The van der Waals surface area contributed by atoms with E-state index in [9.17, 15) is 14.4 Å². The van der Waals surface area contributed by atoms with Gasteiger partial charge < -0.3 is 14.0 Å². The Hall–Kier alpha value is -3.39. The number of carbonyl (C=O) groups is 3. The van der Waals surface area contributed by atoms with Gasteiger partial charge in [0.25, 0.3) is 0 Å². The lowest BCUT2D eigenvalue weighted by Gasteiger charge is -2.13. The molecule has 0 N–H and O–H groups in total. The topological polar surface area (TPSA) is 87.5 Å². The first-order valence-electron chi connectivity index (χ1n) is 9.43. The van der Waals surface area contributed by atoms with Crippen molar-refractivity contribution in [2.75, 3.05) is 20.0 Å². The van der Waals surface area contributed by atoms with Gasteiger partial charge in [-0.2, -0.15) is 0 Å². The SMILES string of the molecule is COC(=O)c1cc(C(=O)OC)cc(-n2c(C)cc(C(=O)CSc3ccccn3)c2C)c1. The van der Waals surface area contributed by atoms with Crippen LogP contribution in [0.2, 0.25) is 0 Å². The summed E-state index contributed by atoms with van der Waals surface area (Å²) in [6.45, 7) is 3.69. The molecule has 8 heteroatoms. The van der Waals surface area contributed by atoms with E-state index in [1.165, 1.54) is 32.0 Å². The summed E-state index contributed by atoms with van der Waals surface area (Å²) in [6.07, 6.45) is 1.69. The van der Waals surface area contributed by atoms with E-state index in [-0.39, 0.29) is 22.7 Å². The summed E-state index contributed by atoms with van der Waals surface area (Å²) in [5, 5.41) is 0.776. The highest BCUT2D eigenvalue weighted by Crippen LogP contribution is 2.25. The van der Waals surface area contributed by atoms with E-state index >= 15 is 0 Å². The lowest BCUT2D eigenvalue weighted by molar-refractivity contribution is 0.0599. The second-order valence-corrected chi connectivity index (χ2v) is 7.75. The van der Waals surface area contributed by atoms with Crippen molar-refractivity contribution in [1.29, 1.82) is 0 Å². The number of nitrogens with zero attached hydrogens (tertiary/aromatic N) is 2. The molecule has 31 heavy (non-hydrogen) atoms. The average Bonchev–Trinajstić information content (AvgIpc) is 3.10. The number of rotatable bonds is 7. The number of thioether (sulfide) groups is 1. The van der Waals surface area contributed by atoms with Crippen molar-refractivity contribution in [3.05, 3.63) is 76.7 Å². The molecule has 0 bridgehead atoms. The van der Waals surface area contributed by atoms with Crippen molar-refractivity contribution in [2.45, 2.75) is 18.9 Å². The maximum absolute atomic E-state index is 12.9. The molecule has 0 aliphatic rings. The van der Waals surface area contributed by atoms with Crippen molar-refractivity contribution in [2.24, 2.45) is 0 Å². The third-order valence-corrected chi connectivity index (χ3v) is 5.68. The number of hydrogen-bond donors (Lipinski definition) is 0. The molecule has 0 amide bonds. The highest BCUT2D eigenvalue weighted by molar-refractivity contribution is 7.99. The Balaban J connectivity index is 1.98. The van der Waals surface area contributed by atoms with Crippen molar-refractivity contribution >= 4 is 29.5 Å². The van der Waals surface area contributed by atoms with Gasteiger partial charge in [-0.25, -0.2) is 14.6 Å². The smallest absolute Gasteiger partial charge is 0.337 e. The van der Waals surface area contributed by atoms with Gasteiger partial charge in [0.1, 0.15) is 0 Å². The van der Waals surface area contributed by atoms with E-state index in [1.54, 1.807) is 24.4 Å². The number of aryl methyl sites for hydroxylation is 1. The van der Waals surface area contributed by atoms with Gasteiger partial charge in [0.2, 0.25) is 0 Å². The lowest BCUT2D eigenvalue weighted by atomic mass is 10.1. The first-order valence-corrected chi connectivity index (χ1v) is 10.4. The number of ketones is 1. The van der Waals surface area contributed by atoms with Crippen LogP contribution in [0.1, 0.15) is 42.5 Å². The van der Waals surface area contributed by atoms with Crippen LogP contribution in [0.4, 0.5) is 0 Å². The highest BCUT2D eigenvalue weighted by atomic mass is 32.2. The molecular formula is C23H22N2O5S. The molecule has 0 saturated carbocycles. The van der Waals surface area contributed by atoms with E-state index in [0.29, 0.717) is 16.9 Å². The molecule has 3 rings (SSSR count). The van der Waals surface area contributed by atoms with E-state index in [0.717, 1.165) is 10.7 Å². The fourth-order valence-electron chi connectivity index (χ4n) is 3.30. The van der Waals surface area contributed by atoms with Gasteiger partial charge in [-0.15, -0.1) is 0 Å². The number of pyridine rings is 1. The quantitative estimate of drug-likeness (QED) is 0.313. The minimum absolute atomic E-state index is 0.0349. The standard InChI is InChI=1S/C23H22N2O5S/c1-14-9-19(20(26)13-31-21-7-5-6-8-24-21)15(2)25(14)18-11-16(22(27)29-3)10-17(12-18)23(28)30-4/h5-12H,13H2,1-4H3. The minimum atomic E-state index is -0.572. The van der Waals surface area contributed by atoms with Crippen LogP contribution in [0.25, 0.3) is 5.69 Å². The van der Waals surface area contributed by atoms with Crippen LogP contribution in [-0.4, -0.2) is 47.2 Å².